The lowest BCUT2D eigenvalue weighted by atomic mass is 9.98. The Morgan fingerprint density at radius 1 is 1.71 bits per heavy atom. The SMILES string of the molecule is COCC[C@H](C(=O)O)c1cccnc1. The molecule has 1 aromatic rings. The molecule has 0 saturated carbocycles. The molecule has 0 fully saturated rings. The van der Waals surface area contributed by atoms with Crippen molar-refractivity contribution in [1.29, 1.82) is 0 Å². The van der Waals surface area contributed by atoms with Crippen LogP contribution < -0.4 is 0 Å². The van der Waals surface area contributed by atoms with Gasteiger partial charge in [-0.05, 0) is 18.1 Å². The van der Waals surface area contributed by atoms with Crippen LogP contribution in [0.3, 0.4) is 0 Å². The Labute approximate surface area is 82.5 Å². The Morgan fingerprint density at radius 3 is 3.00 bits per heavy atom. The summed E-state index contributed by atoms with van der Waals surface area (Å²) in [6.07, 6.45) is 3.67. The molecule has 0 bridgehead atoms. The van der Waals surface area contributed by atoms with Crippen molar-refractivity contribution in [2.75, 3.05) is 13.7 Å². The number of aromatic nitrogens is 1. The first kappa shape index (κ1) is 10.7. The topological polar surface area (TPSA) is 59.4 Å². The molecule has 0 aliphatic carbocycles. The summed E-state index contributed by atoms with van der Waals surface area (Å²) in [5, 5.41) is 8.97. The Hall–Kier alpha value is -1.42. The van der Waals surface area contributed by atoms with Gasteiger partial charge in [-0.3, -0.25) is 9.78 Å². The molecule has 0 radical (unpaired) electrons. The van der Waals surface area contributed by atoms with Crippen LogP contribution in [-0.2, 0) is 9.53 Å². The van der Waals surface area contributed by atoms with E-state index in [9.17, 15) is 4.79 Å². The van der Waals surface area contributed by atoms with Crippen molar-refractivity contribution in [2.24, 2.45) is 0 Å². The predicted molar refractivity (Wildman–Crippen MR) is 51.1 cm³/mol. The number of pyridine rings is 1. The third-order valence-electron chi connectivity index (χ3n) is 2.00. The van der Waals surface area contributed by atoms with Gasteiger partial charge in [-0.15, -0.1) is 0 Å². The summed E-state index contributed by atoms with van der Waals surface area (Å²) in [6.45, 7) is 0.436. The number of rotatable bonds is 5. The van der Waals surface area contributed by atoms with Crippen LogP contribution in [0.25, 0.3) is 0 Å². The summed E-state index contributed by atoms with van der Waals surface area (Å²) >= 11 is 0. The number of nitrogens with zero attached hydrogens (tertiary/aromatic N) is 1. The number of carboxylic acids is 1. The van der Waals surface area contributed by atoms with Crippen molar-refractivity contribution >= 4 is 5.97 Å². The highest BCUT2D eigenvalue weighted by molar-refractivity contribution is 5.75. The molecule has 1 atom stereocenters. The highest BCUT2D eigenvalue weighted by Crippen LogP contribution is 2.18. The first-order chi connectivity index (χ1) is 6.75. The second-order valence-corrected chi connectivity index (χ2v) is 2.96. The van der Waals surface area contributed by atoms with Gasteiger partial charge < -0.3 is 9.84 Å². The molecule has 14 heavy (non-hydrogen) atoms. The second-order valence-electron chi connectivity index (χ2n) is 2.96. The smallest absolute Gasteiger partial charge is 0.311 e. The minimum atomic E-state index is -0.838. The van der Waals surface area contributed by atoms with E-state index in [4.69, 9.17) is 9.84 Å². The van der Waals surface area contributed by atoms with Gasteiger partial charge in [0.05, 0.1) is 5.92 Å². The van der Waals surface area contributed by atoms with E-state index in [1.165, 1.54) is 0 Å². The zero-order valence-electron chi connectivity index (χ0n) is 8.01. The molecular weight excluding hydrogens is 182 g/mol. The van der Waals surface area contributed by atoms with Gasteiger partial charge in [-0.25, -0.2) is 0 Å². The molecule has 0 aliphatic rings. The van der Waals surface area contributed by atoms with Gasteiger partial charge in [0.25, 0.3) is 0 Å². The van der Waals surface area contributed by atoms with Gasteiger partial charge in [0.15, 0.2) is 0 Å². The molecule has 0 aromatic carbocycles. The number of methoxy groups -OCH3 is 1. The van der Waals surface area contributed by atoms with Gasteiger partial charge in [0.1, 0.15) is 0 Å². The van der Waals surface area contributed by atoms with E-state index in [1.807, 2.05) is 0 Å². The lowest BCUT2D eigenvalue weighted by Gasteiger charge is -2.10. The molecule has 0 spiro atoms. The minimum absolute atomic E-state index is 0.436. The molecule has 0 saturated heterocycles. The fourth-order valence-electron chi connectivity index (χ4n) is 1.25. The van der Waals surface area contributed by atoms with Crippen molar-refractivity contribution in [1.82, 2.24) is 4.98 Å². The maximum absolute atomic E-state index is 10.9. The third-order valence-corrected chi connectivity index (χ3v) is 2.00. The molecule has 4 heteroatoms. The summed E-state index contributed by atoms with van der Waals surface area (Å²) in [6, 6.07) is 3.50. The maximum atomic E-state index is 10.9. The van der Waals surface area contributed by atoms with Crippen LogP contribution in [0.1, 0.15) is 17.9 Å². The standard InChI is InChI=1S/C10H13NO3/c1-14-6-4-9(10(12)13)8-3-2-5-11-7-8/h2-3,5,7,9H,4,6H2,1H3,(H,12,13)/t9-/m0/s1. The summed E-state index contributed by atoms with van der Waals surface area (Å²) in [5.74, 6) is -1.36. The maximum Gasteiger partial charge on any atom is 0.311 e. The van der Waals surface area contributed by atoms with Crippen LogP contribution in [0.2, 0.25) is 0 Å². The number of ether oxygens (including phenoxy) is 1. The van der Waals surface area contributed by atoms with Crippen LogP contribution >= 0.6 is 0 Å². The lowest BCUT2D eigenvalue weighted by molar-refractivity contribution is -0.139. The largest absolute Gasteiger partial charge is 0.481 e. The summed E-state index contributed by atoms with van der Waals surface area (Å²) < 4.78 is 4.86. The monoisotopic (exact) mass is 195 g/mol. The molecule has 0 unspecified atom stereocenters. The highest BCUT2D eigenvalue weighted by atomic mass is 16.5. The van der Waals surface area contributed by atoms with E-state index in [2.05, 4.69) is 4.98 Å². The number of aliphatic carboxylic acids is 1. The summed E-state index contributed by atoms with van der Waals surface area (Å²) in [5.41, 5.74) is 0.719. The van der Waals surface area contributed by atoms with Gasteiger partial charge in [-0.2, -0.15) is 0 Å². The number of hydrogen-bond donors (Lipinski definition) is 1. The second kappa shape index (κ2) is 5.34. The van der Waals surface area contributed by atoms with E-state index in [0.29, 0.717) is 13.0 Å². The minimum Gasteiger partial charge on any atom is -0.481 e. The average Bonchev–Trinajstić information content (AvgIpc) is 2.19. The number of carbonyl (C=O) groups is 1. The van der Waals surface area contributed by atoms with Crippen molar-refractivity contribution in [3.05, 3.63) is 30.1 Å². The van der Waals surface area contributed by atoms with E-state index < -0.39 is 11.9 Å². The van der Waals surface area contributed by atoms with Crippen LogP contribution in [0.4, 0.5) is 0 Å². The number of carboxylic acid groups (broad SMARTS) is 1. The van der Waals surface area contributed by atoms with Gasteiger partial charge in [0.2, 0.25) is 0 Å². The normalized spacial score (nSPS) is 12.4. The Morgan fingerprint density at radius 2 is 2.50 bits per heavy atom. The van der Waals surface area contributed by atoms with E-state index in [1.54, 1.807) is 31.6 Å². The van der Waals surface area contributed by atoms with Crippen molar-refractivity contribution in [2.45, 2.75) is 12.3 Å². The molecule has 76 valence electrons. The molecule has 4 nitrogen and oxygen atoms in total. The van der Waals surface area contributed by atoms with Crippen LogP contribution in [0.15, 0.2) is 24.5 Å². The highest BCUT2D eigenvalue weighted by Gasteiger charge is 2.19. The van der Waals surface area contributed by atoms with E-state index in [-0.39, 0.29) is 0 Å². The van der Waals surface area contributed by atoms with E-state index >= 15 is 0 Å². The zero-order valence-corrected chi connectivity index (χ0v) is 8.01. The lowest BCUT2D eigenvalue weighted by Crippen LogP contribution is -2.13. The van der Waals surface area contributed by atoms with Crippen molar-refractivity contribution < 1.29 is 14.6 Å². The fraction of sp³-hybridized carbons (Fsp3) is 0.400. The Bertz CT molecular complexity index is 287. The van der Waals surface area contributed by atoms with Gasteiger partial charge in [-0.1, -0.05) is 6.07 Å². The average molecular weight is 195 g/mol. The first-order valence-electron chi connectivity index (χ1n) is 4.37. The first-order valence-corrected chi connectivity index (χ1v) is 4.37. The van der Waals surface area contributed by atoms with Crippen LogP contribution in [0, 0.1) is 0 Å². The molecule has 1 heterocycles. The molecule has 1 aromatic heterocycles. The number of hydrogen-bond acceptors (Lipinski definition) is 3. The molecule has 0 aliphatic heterocycles. The summed E-state index contributed by atoms with van der Waals surface area (Å²) in [4.78, 5) is 14.8. The Kier molecular flexibility index (Phi) is 4.07. The quantitative estimate of drug-likeness (QED) is 0.769. The van der Waals surface area contributed by atoms with Crippen molar-refractivity contribution in [3.63, 3.8) is 0 Å². The van der Waals surface area contributed by atoms with E-state index in [0.717, 1.165) is 5.56 Å². The Balaban J connectivity index is 2.73. The zero-order chi connectivity index (χ0) is 10.4. The van der Waals surface area contributed by atoms with Crippen LogP contribution in [0.5, 0.6) is 0 Å². The molecule has 1 rings (SSSR count). The van der Waals surface area contributed by atoms with Gasteiger partial charge in [0, 0.05) is 26.1 Å². The fourth-order valence-corrected chi connectivity index (χ4v) is 1.25. The third kappa shape index (κ3) is 2.81. The molecular formula is C10H13NO3. The molecule has 0 amide bonds. The predicted octanol–water partition coefficient (Wildman–Crippen LogP) is 1.29. The van der Waals surface area contributed by atoms with Crippen LogP contribution in [-0.4, -0.2) is 29.8 Å². The van der Waals surface area contributed by atoms with Gasteiger partial charge >= 0.3 is 5.97 Å². The summed E-state index contributed by atoms with van der Waals surface area (Å²) in [7, 11) is 1.56. The van der Waals surface area contributed by atoms with Crippen molar-refractivity contribution in [3.8, 4) is 0 Å². The molecule has 1 N–H and O–H groups in total.